The Hall–Kier alpha value is -4.26. The first kappa shape index (κ1) is 17.6. The molecule has 0 bridgehead atoms. The minimum atomic E-state index is -0.692. The van der Waals surface area contributed by atoms with Gasteiger partial charge in [-0.25, -0.2) is 0 Å². The molecule has 5 aromatic rings. The van der Waals surface area contributed by atoms with E-state index >= 15 is 0 Å². The Balaban J connectivity index is 1.70. The van der Waals surface area contributed by atoms with Crippen molar-refractivity contribution >= 4 is 33.5 Å². The van der Waals surface area contributed by atoms with E-state index in [-0.39, 0.29) is 11.2 Å². The number of carbonyl (C=O) groups is 1. The Morgan fingerprint density at radius 2 is 1.77 bits per heavy atom. The van der Waals surface area contributed by atoms with E-state index < -0.39 is 11.9 Å². The number of amides is 1. The van der Waals surface area contributed by atoms with Crippen LogP contribution in [0.15, 0.2) is 80.7 Å². The third-order valence-corrected chi connectivity index (χ3v) is 5.65. The van der Waals surface area contributed by atoms with Gasteiger partial charge in [0, 0.05) is 23.8 Å². The molecule has 150 valence electrons. The molecular weight excluding hydrogens is 394 g/mol. The first-order chi connectivity index (χ1) is 15.1. The lowest BCUT2D eigenvalue weighted by Crippen LogP contribution is -2.29. The molecule has 0 unspecified atom stereocenters. The largest absolute Gasteiger partial charge is 0.450 e. The minimum Gasteiger partial charge on any atom is -0.450 e. The predicted octanol–water partition coefficient (Wildman–Crippen LogP) is 4.39. The fraction of sp³-hybridized carbons (Fsp3) is 0.0833. The van der Waals surface area contributed by atoms with Crippen LogP contribution in [0.1, 0.15) is 33.5 Å². The van der Waals surface area contributed by atoms with Crippen LogP contribution in [0.4, 0.5) is 5.82 Å². The standard InChI is InChI=1S/C24H15N3O4/c1-13-12-18(26-31-13)27-20(15-8-10-25-11-9-15)19-21(28)17-7-6-14-4-2-3-5-16(14)22(17)30-23(19)24(27)29/h2-12,20H,1H3/t20-/m0/s1. The number of aryl methyl sites for hydroxylation is 1. The van der Waals surface area contributed by atoms with Crippen LogP contribution in [0.3, 0.4) is 0 Å². The van der Waals surface area contributed by atoms with Crippen LogP contribution in [0.25, 0.3) is 21.7 Å². The molecule has 0 saturated heterocycles. The fourth-order valence-electron chi connectivity index (χ4n) is 4.26. The molecule has 0 spiro atoms. The summed E-state index contributed by atoms with van der Waals surface area (Å²) in [5.74, 6) is 0.472. The quantitative estimate of drug-likeness (QED) is 0.402. The summed E-state index contributed by atoms with van der Waals surface area (Å²) in [5, 5.41) is 6.17. The number of hydrogen-bond donors (Lipinski definition) is 0. The van der Waals surface area contributed by atoms with Crippen molar-refractivity contribution in [2.24, 2.45) is 0 Å². The first-order valence-electron chi connectivity index (χ1n) is 9.79. The Morgan fingerprint density at radius 3 is 2.55 bits per heavy atom. The second-order valence-corrected chi connectivity index (χ2v) is 7.49. The lowest BCUT2D eigenvalue weighted by Gasteiger charge is -2.22. The summed E-state index contributed by atoms with van der Waals surface area (Å²) in [7, 11) is 0. The molecule has 0 radical (unpaired) electrons. The molecule has 0 fully saturated rings. The third kappa shape index (κ3) is 2.46. The average molecular weight is 409 g/mol. The monoisotopic (exact) mass is 409 g/mol. The molecule has 0 aliphatic carbocycles. The summed E-state index contributed by atoms with van der Waals surface area (Å²) in [6, 6.07) is 15.8. The summed E-state index contributed by atoms with van der Waals surface area (Å²) in [5.41, 5.74) is 1.19. The molecule has 1 amide bonds. The van der Waals surface area contributed by atoms with Crippen LogP contribution >= 0.6 is 0 Å². The van der Waals surface area contributed by atoms with Gasteiger partial charge in [-0.3, -0.25) is 19.5 Å². The normalized spacial score (nSPS) is 15.7. The topological polar surface area (TPSA) is 89.4 Å². The maximum absolute atomic E-state index is 13.7. The van der Waals surface area contributed by atoms with Gasteiger partial charge in [-0.05, 0) is 36.1 Å². The van der Waals surface area contributed by atoms with Crippen molar-refractivity contribution < 1.29 is 13.7 Å². The van der Waals surface area contributed by atoms with Gasteiger partial charge in [-0.2, -0.15) is 0 Å². The van der Waals surface area contributed by atoms with E-state index in [4.69, 9.17) is 8.94 Å². The molecular formula is C24H15N3O4. The zero-order valence-corrected chi connectivity index (χ0v) is 16.4. The number of carbonyl (C=O) groups excluding carboxylic acids is 1. The summed E-state index contributed by atoms with van der Waals surface area (Å²) >= 11 is 0. The van der Waals surface area contributed by atoms with E-state index in [1.54, 1.807) is 43.6 Å². The zero-order chi connectivity index (χ0) is 21.1. The summed E-state index contributed by atoms with van der Waals surface area (Å²) < 4.78 is 11.4. The predicted molar refractivity (Wildman–Crippen MR) is 114 cm³/mol. The van der Waals surface area contributed by atoms with Crippen molar-refractivity contribution in [1.82, 2.24) is 10.1 Å². The second kappa shape index (κ2) is 6.37. The van der Waals surface area contributed by atoms with E-state index in [0.29, 0.717) is 28.1 Å². The summed E-state index contributed by atoms with van der Waals surface area (Å²) in [6.07, 6.45) is 3.25. The lowest BCUT2D eigenvalue weighted by molar-refractivity contribution is 0.0969. The smallest absolute Gasteiger partial charge is 0.296 e. The van der Waals surface area contributed by atoms with Crippen LogP contribution in [-0.4, -0.2) is 16.0 Å². The highest BCUT2D eigenvalue weighted by molar-refractivity contribution is 6.12. The molecule has 7 heteroatoms. The fourth-order valence-corrected chi connectivity index (χ4v) is 4.26. The zero-order valence-electron chi connectivity index (χ0n) is 16.4. The van der Waals surface area contributed by atoms with Crippen molar-refractivity contribution in [3.8, 4) is 0 Å². The van der Waals surface area contributed by atoms with Gasteiger partial charge in [-0.15, -0.1) is 0 Å². The van der Waals surface area contributed by atoms with E-state index in [0.717, 1.165) is 16.3 Å². The Kier molecular flexibility index (Phi) is 3.61. The second-order valence-electron chi connectivity index (χ2n) is 7.49. The van der Waals surface area contributed by atoms with Crippen LogP contribution in [0, 0.1) is 6.92 Å². The number of nitrogens with zero attached hydrogens (tertiary/aromatic N) is 3. The Morgan fingerprint density at radius 1 is 0.968 bits per heavy atom. The Labute approximate surface area is 175 Å². The summed E-state index contributed by atoms with van der Waals surface area (Å²) in [6.45, 7) is 1.75. The van der Waals surface area contributed by atoms with Gasteiger partial charge >= 0.3 is 0 Å². The van der Waals surface area contributed by atoms with Crippen molar-refractivity contribution in [2.75, 3.05) is 4.90 Å². The molecule has 2 aromatic carbocycles. The van der Waals surface area contributed by atoms with Crippen LogP contribution in [0.2, 0.25) is 0 Å². The SMILES string of the molecule is Cc1cc(N2C(=O)c3oc4c(ccc5ccccc54)c(=O)c3[C@@H]2c2ccncc2)no1. The van der Waals surface area contributed by atoms with E-state index in [1.807, 2.05) is 30.3 Å². The van der Waals surface area contributed by atoms with Crippen LogP contribution in [-0.2, 0) is 0 Å². The molecule has 31 heavy (non-hydrogen) atoms. The van der Waals surface area contributed by atoms with Gasteiger partial charge in [0.15, 0.2) is 11.2 Å². The van der Waals surface area contributed by atoms with Gasteiger partial charge in [0.2, 0.25) is 5.76 Å². The van der Waals surface area contributed by atoms with Crippen molar-refractivity contribution in [3.63, 3.8) is 0 Å². The van der Waals surface area contributed by atoms with Gasteiger partial charge in [0.25, 0.3) is 5.91 Å². The average Bonchev–Trinajstić information content (AvgIpc) is 3.35. The van der Waals surface area contributed by atoms with Gasteiger partial charge in [0.05, 0.1) is 17.0 Å². The maximum atomic E-state index is 13.7. The van der Waals surface area contributed by atoms with Crippen LogP contribution < -0.4 is 10.3 Å². The number of pyridine rings is 1. The number of hydrogen-bond acceptors (Lipinski definition) is 6. The maximum Gasteiger partial charge on any atom is 0.296 e. The molecule has 4 heterocycles. The number of benzene rings is 2. The lowest BCUT2D eigenvalue weighted by atomic mass is 9.98. The van der Waals surface area contributed by atoms with E-state index in [9.17, 15) is 9.59 Å². The molecule has 0 N–H and O–H groups in total. The molecule has 1 aliphatic heterocycles. The van der Waals surface area contributed by atoms with E-state index in [1.165, 1.54) is 4.90 Å². The van der Waals surface area contributed by atoms with Gasteiger partial charge in [-0.1, -0.05) is 35.5 Å². The third-order valence-electron chi connectivity index (χ3n) is 5.65. The van der Waals surface area contributed by atoms with Crippen molar-refractivity contribution in [2.45, 2.75) is 13.0 Å². The Bertz CT molecular complexity index is 1550. The van der Waals surface area contributed by atoms with Crippen molar-refractivity contribution in [1.29, 1.82) is 0 Å². The molecule has 3 aromatic heterocycles. The number of aromatic nitrogens is 2. The van der Waals surface area contributed by atoms with Gasteiger partial charge in [0.1, 0.15) is 11.3 Å². The summed E-state index contributed by atoms with van der Waals surface area (Å²) in [4.78, 5) is 32.7. The molecule has 6 rings (SSSR count). The number of fused-ring (bicyclic) bond motifs is 4. The minimum absolute atomic E-state index is 0.0244. The molecule has 0 saturated carbocycles. The first-order valence-corrected chi connectivity index (χ1v) is 9.79. The number of anilines is 1. The highest BCUT2D eigenvalue weighted by atomic mass is 16.5. The van der Waals surface area contributed by atoms with Crippen LogP contribution in [0.5, 0.6) is 0 Å². The highest BCUT2D eigenvalue weighted by Gasteiger charge is 2.45. The molecule has 7 nitrogen and oxygen atoms in total. The highest BCUT2D eigenvalue weighted by Crippen LogP contribution is 2.41. The molecule has 1 atom stereocenters. The number of rotatable bonds is 2. The van der Waals surface area contributed by atoms with E-state index in [2.05, 4.69) is 10.1 Å². The van der Waals surface area contributed by atoms with Gasteiger partial charge < -0.3 is 8.94 Å². The molecule has 1 aliphatic rings. The van der Waals surface area contributed by atoms with Crippen molar-refractivity contribution in [3.05, 3.63) is 99.9 Å².